The molecule has 366 valence electrons. The molecule has 13 nitrogen and oxygen atoms in total. The van der Waals surface area contributed by atoms with E-state index in [0.29, 0.717) is 75.3 Å². The van der Waals surface area contributed by atoms with Crippen LogP contribution in [0.15, 0.2) is 0 Å². The standard InChI is InChI=1S/C51H85NO12/c1-52(34-14-24-50(57)63-44(36-59-46(53)30-26-40-16-6-2-7-17-40)37-60-47(54)31-27-41-18-8-3-9-19-41)35-15-25-51(58)64-45(38-61-48(55)32-28-42-20-10-4-11-21-42)39-62-49(56)33-29-43-22-12-5-13-23-43/h40-45H,2-39H2,1H3. The van der Waals surface area contributed by atoms with Crippen LogP contribution < -0.4 is 0 Å². The first-order valence-electron chi connectivity index (χ1n) is 25.8. The van der Waals surface area contributed by atoms with Gasteiger partial charge in [-0.1, -0.05) is 128 Å². The van der Waals surface area contributed by atoms with Gasteiger partial charge >= 0.3 is 35.8 Å². The van der Waals surface area contributed by atoms with Gasteiger partial charge < -0.3 is 33.3 Å². The van der Waals surface area contributed by atoms with Crippen LogP contribution in [0.25, 0.3) is 0 Å². The van der Waals surface area contributed by atoms with Gasteiger partial charge in [-0.05, 0) is 82.3 Å². The number of carbonyl (C=O) groups excluding carboxylic acids is 6. The summed E-state index contributed by atoms with van der Waals surface area (Å²) in [6.45, 7) is 0.498. The Kier molecular flexibility index (Phi) is 27.1. The molecule has 0 aromatic heterocycles. The van der Waals surface area contributed by atoms with Crippen molar-refractivity contribution in [3.63, 3.8) is 0 Å². The fraction of sp³-hybridized carbons (Fsp3) is 0.882. The van der Waals surface area contributed by atoms with E-state index in [1.165, 1.54) is 77.0 Å². The topological polar surface area (TPSA) is 161 Å². The lowest BCUT2D eigenvalue weighted by atomic mass is 9.86. The summed E-state index contributed by atoms with van der Waals surface area (Å²) in [4.78, 5) is 78.4. The molecule has 64 heavy (non-hydrogen) atoms. The predicted molar refractivity (Wildman–Crippen MR) is 243 cm³/mol. The molecule has 0 bridgehead atoms. The molecule has 4 aliphatic carbocycles. The van der Waals surface area contributed by atoms with Crippen LogP contribution in [0.1, 0.15) is 205 Å². The Morgan fingerprint density at radius 1 is 0.375 bits per heavy atom. The van der Waals surface area contributed by atoms with E-state index in [2.05, 4.69) is 0 Å². The Labute approximate surface area is 384 Å². The number of ether oxygens (including phenoxy) is 6. The van der Waals surface area contributed by atoms with E-state index in [9.17, 15) is 28.8 Å². The summed E-state index contributed by atoms with van der Waals surface area (Å²) >= 11 is 0. The second-order valence-electron chi connectivity index (χ2n) is 19.6. The van der Waals surface area contributed by atoms with Crippen LogP contribution in [0.5, 0.6) is 0 Å². The molecule has 4 fully saturated rings. The molecule has 0 aliphatic heterocycles. The lowest BCUT2D eigenvalue weighted by Gasteiger charge is -2.22. The highest BCUT2D eigenvalue weighted by atomic mass is 16.6. The van der Waals surface area contributed by atoms with Gasteiger partial charge in [0, 0.05) is 38.5 Å². The van der Waals surface area contributed by atoms with E-state index in [-0.39, 0.29) is 63.1 Å². The zero-order valence-corrected chi connectivity index (χ0v) is 39.7. The highest BCUT2D eigenvalue weighted by Crippen LogP contribution is 2.30. The van der Waals surface area contributed by atoms with Crippen molar-refractivity contribution in [3.05, 3.63) is 0 Å². The van der Waals surface area contributed by atoms with Crippen LogP contribution in [-0.4, -0.2) is 99.5 Å². The third-order valence-corrected chi connectivity index (χ3v) is 14.1. The Hall–Kier alpha value is -3.22. The molecule has 0 N–H and O–H groups in total. The summed E-state index contributed by atoms with van der Waals surface area (Å²) in [6.07, 6.45) is 27.8. The van der Waals surface area contributed by atoms with Crippen molar-refractivity contribution in [1.82, 2.24) is 4.90 Å². The number of esters is 6. The fourth-order valence-electron chi connectivity index (χ4n) is 10.0. The first-order chi connectivity index (χ1) is 31.1. The molecule has 4 aliphatic rings. The summed E-state index contributed by atoms with van der Waals surface area (Å²) in [5.41, 5.74) is 0. The van der Waals surface area contributed by atoms with Crippen molar-refractivity contribution in [1.29, 1.82) is 0 Å². The van der Waals surface area contributed by atoms with E-state index >= 15 is 0 Å². The van der Waals surface area contributed by atoms with Gasteiger partial charge in [-0.3, -0.25) is 28.8 Å². The Balaban J connectivity index is 1.14. The number of rotatable bonds is 30. The van der Waals surface area contributed by atoms with Gasteiger partial charge in [-0.15, -0.1) is 0 Å². The molecule has 4 saturated carbocycles. The summed E-state index contributed by atoms with van der Waals surface area (Å²) in [5.74, 6) is -0.0615. The van der Waals surface area contributed by atoms with Crippen LogP contribution in [0.3, 0.4) is 0 Å². The molecule has 0 atom stereocenters. The average molecular weight is 904 g/mol. The van der Waals surface area contributed by atoms with Gasteiger partial charge in [0.05, 0.1) is 0 Å². The Bertz CT molecular complexity index is 1170. The van der Waals surface area contributed by atoms with Crippen molar-refractivity contribution < 1.29 is 57.2 Å². The monoisotopic (exact) mass is 904 g/mol. The van der Waals surface area contributed by atoms with E-state index < -0.39 is 24.1 Å². The number of carbonyl (C=O) groups is 6. The van der Waals surface area contributed by atoms with Crippen molar-refractivity contribution in [2.45, 2.75) is 218 Å². The summed E-state index contributed by atoms with van der Waals surface area (Å²) in [7, 11) is 1.90. The Morgan fingerprint density at radius 2 is 0.625 bits per heavy atom. The van der Waals surface area contributed by atoms with Gasteiger partial charge in [0.25, 0.3) is 0 Å². The van der Waals surface area contributed by atoms with Crippen LogP contribution >= 0.6 is 0 Å². The van der Waals surface area contributed by atoms with E-state index in [4.69, 9.17) is 28.4 Å². The number of nitrogens with zero attached hydrogens (tertiary/aromatic N) is 1. The smallest absolute Gasteiger partial charge is 0.306 e. The van der Waals surface area contributed by atoms with Gasteiger partial charge in [0.2, 0.25) is 0 Å². The minimum atomic E-state index is -0.882. The molecule has 0 radical (unpaired) electrons. The molecular weight excluding hydrogens is 819 g/mol. The summed E-state index contributed by atoms with van der Waals surface area (Å²) in [6, 6.07) is 0. The molecule has 0 aromatic rings. The SMILES string of the molecule is CN(CCCC(=O)OC(COC(=O)CCC1CCCCC1)COC(=O)CCC1CCCCC1)CCCC(=O)OC(COC(=O)CCC1CCCCC1)COC(=O)CCC1CCCCC1. The fourth-order valence-corrected chi connectivity index (χ4v) is 10.0. The van der Waals surface area contributed by atoms with Crippen LogP contribution in [0.2, 0.25) is 0 Å². The maximum atomic E-state index is 13.0. The van der Waals surface area contributed by atoms with Crippen molar-refractivity contribution in [2.24, 2.45) is 23.7 Å². The van der Waals surface area contributed by atoms with Gasteiger partial charge in [-0.25, -0.2) is 0 Å². The quantitative estimate of drug-likeness (QED) is 0.0495. The minimum Gasteiger partial charge on any atom is -0.462 e. The molecule has 0 spiro atoms. The zero-order valence-electron chi connectivity index (χ0n) is 39.7. The molecule has 0 saturated heterocycles. The average Bonchev–Trinajstić information content (AvgIpc) is 3.31. The maximum absolute atomic E-state index is 13.0. The lowest BCUT2D eigenvalue weighted by Crippen LogP contribution is -2.31. The molecule has 13 heteroatoms. The van der Waals surface area contributed by atoms with Gasteiger partial charge in [0.15, 0.2) is 12.2 Å². The van der Waals surface area contributed by atoms with E-state index in [0.717, 1.165) is 77.0 Å². The van der Waals surface area contributed by atoms with Crippen LogP contribution in [-0.2, 0) is 57.2 Å². The first-order valence-corrected chi connectivity index (χ1v) is 25.8. The second kappa shape index (κ2) is 32.5. The number of hydrogen-bond acceptors (Lipinski definition) is 13. The largest absolute Gasteiger partial charge is 0.462 e. The van der Waals surface area contributed by atoms with Crippen molar-refractivity contribution >= 4 is 35.8 Å². The lowest BCUT2D eigenvalue weighted by molar-refractivity contribution is -0.167. The maximum Gasteiger partial charge on any atom is 0.306 e. The molecule has 0 unspecified atom stereocenters. The second-order valence-corrected chi connectivity index (χ2v) is 19.6. The van der Waals surface area contributed by atoms with E-state index in [1.54, 1.807) is 0 Å². The summed E-state index contributed by atoms with van der Waals surface area (Å²) < 4.78 is 33.5. The van der Waals surface area contributed by atoms with Crippen LogP contribution in [0.4, 0.5) is 0 Å². The molecule has 0 amide bonds. The normalized spacial score (nSPS) is 18.2. The zero-order chi connectivity index (χ0) is 45.6. The highest BCUT2D eigenvalue weighted by Gasteiger charge is 2.24. The van der Waals surface area contributed by atoms with Crippen LogP contribution in [0, 0.1) is 23.7 Å². The molecular formula is C51H85NO12. The van der Waals surface area contributed by atoms with Gasteiger partial charge in [0.1, 0.15) is 26.4 Å². The van der Waals surface area contributed by atoms with Crippen molar-refractivity contribution in [2.75, 3.05) is 46.6 Å². The minimum absolute atomic E-state index is 0.120. The number of hydrogen-bond donors (Lipinski definition) is 0. The summed E-state index contributed by atoms with van der Waals surface area (Å²) in [5, 5.41) is 0. The first kappa shape index (κ1) is 53.4. The predicted octanol–water partition coefficient (Wildman–Crippen LogP) is 9.92. The highest BCUT2D eigenvalue weighted by molar-refractivity contribution is 5.72. The third-order valence-electron chi connectivity index (χ3n) is 14.1. The third kappa shape index (κ3) is 24.9. The molecule has 0 heterocycles. The molecule has 4 rings (SSSR count). The molecule has 0 aromatic carbocycles. The van der Waals surface area contributed by atoms with E-state index in [1.807, 2.05) is 11.9 Å². The van der Waals surface area contributed by atoms with Gasteiger partial charge in [-0.2, -0.15) is 0 Å². The van der Waals surface area contributed by atoms with Crippen molar-refractivity contribution in [3.8, 4) is 0 Å². The Morgan fingerprint density at radius 3 is 0.875 bits per heavy atom.